The molecule has 1 aromatic carbocycles. The number of hydrogen-bond acceptors (Lipinski definition) is 4. The Labute approximate surface area is 95.8 Å². The molecule has 6 nitrogen and oxygen atoms in total. The van der Waals surface area contributed by atoms with Crippen molar-refractivity contribution in [3.8, 4) is 11.3 Å². The van der Waals surface area contributed by atoms with Gasteiger partial charge in [-0.05, 0) is 19.1 Å². The molecular weight excluding hydrogens is 227 g/mol. The summed E-state index contributed by atoms with van der Waals surface area (Å²) in [7, 11) is 1.68. The van der Waals surface area contributed by atoms with E-state index in [9.17, 15) is 14.5 Å². The molecule has 7 heteroatoms. The van der Waals surface area contributed by atoms with Gasteiger partial charge in [0.05, 0.1) is 16.3 Å². The van der Waals surface area contributed by atoms with Crippen LogP contribution < -0.4 is 0 Å². The Balaban J connectivity index is 2.56. The van der Waals surface area contributed by atoms with Gasteiger partial charge in [0.25, 0.3) is 0 Å². The highest BCUT2D eigenvalue weighted by atomic mass is 19.1. The predicted molar refractivity (Wildman–Crippen MR) is 57.8 cm³/mol. The van der Waals surface area contributed by atoms with Crippen molar-refractivity contribution in [2.45, 2.75) is 6.92 Å². The van der Waals surface area contributed by atoms with E-state index in [-0.39, 0.29) is 0 Å². The van der Waals surface area contributed by atoms with Crippen LogP contribution in [0.25, 0.3) is 11.3 Å². The fourth-order valence-corrected chi connectivity index (χ4v) is 1.66. The van der Waals surface area contributed by atoms with Crippen molar-refractivity contribution in [1.82, 2.24) is 15.0 Å². The summed E-state index contributed by atoms with van der Waals surface area (Å²) in [6, 6.07) is 3.73. The SMILES string of the molecule is Cc1nnn(C)c1-c1ccc([N+](=O)[O-])c(F)c1. The normalized spacial score (nSPS) is 10.5. The van der Waals surface area contributed by atoms with Crippen LogP contribution in [0.4, 0.5) is 10.1 Å². The number of nitro benzene ring substituents is 1. The Kier molecular flexibility index (Phi) is 2.58. The molecule has 88 valence electrons. The summed E-state index contributed by atoms with van der Waals surface area (Å²) >= 11 is 0. The molecule has 1 aromatic heterocycles. The van der Waals surface area contributed by atoms with Crippen LogP contribution >= 0.6 is 0 Å². The minimum Gasteiger partial charge on any atom is -0.258 e. The highest BCUT2D eigenvalue weighted by Gasteiger charge is 2.17. The van der Waals surface area contributed by atoms with Gasteiger partial charge in [0.2, 0.25) is 5.82 Å². The number of aryl methyl sites for hydroxylation is 2. The van der Waals surface area contributed by atoms with Crippen LogP contribution in [0, 0.1) is 22.9 Å². The highest BCUT2D eigenvalue weighted by Crippen LogP contribution is 2.26. The van der Waals surface area contributed by atoms with E-state index >= 15 is 0 Å². The number of halogens is 1. The molecule has 0 aliphatic rings. The summed E-state index contributed by atoms with van der Waals surface area (Å²) in [5.74, 6) is -0.867. The Morgan fingerprint density at radius 3 is 2.65 bits per heavy atom. The molecule has 0 N–H and O–H groups in total. The molecule has 0 unspecified atom stereocenters. The zero-order chi connectivity index (χ0) is 12.6. The fourth-order valence-electron chi connectivity index (χ4n) is 1.66. The van der Waals surface area contributed by atoms with E-state index < -0.39 is 16.4 Å². The van der Waals surface area contributed by atoms with E-state index in [1.54, 1.807) is 14.0 Å². The minimum atomic E-state index is -0.867. The Hall–Kier alpha value is -2.31. The first-order valence-electron chi connectivity index (χ1n) is 4.81. The average Bonchev–Trinajstić information content (AvgIpc) is 2.58. The van der Waals surface area contributed by atoms with Crippen molar-refractivity contribution in [2.24, 2.45) is 7.05 Å². The third-order valence-corrected chi connectivity index (χ3v) is 2.41. The second-order valence-corrected chi connectivity index (χ2v) is 3.57. The van der Waals surface area contributed by atoms with Crippen LogP contribution in [-0.4, -0.2) is 19.9 Å². The van der Waals surface area contributed by atoms with Crippen molar-refractivity contribution in [3.63, 3.8) is 0 Å². The van der Waals surface area contributed by atoms with Crippen molar-refractivity contribution in [2.75, 3.05) is 0 Å². The van der Waals surface area contributed by atoms with Crippen LogP contribution in [-0.2, 0) is 7.05 Å². The van der Waals surface area contributed by atoms with Gasteiger partial charge in [0.15, 0.2) is 0 Å². The molecule has 17 heavy (non-hydrogen) atoms. The number of benzene rings is 1. The van der Waals surface area contributed by atoms with Gasteiger partial charge in [-0.3, -0.25) is 10.1 Å². The number of rotatable bonds is 2. The van der Waals surface area contributed by atoms with E-state index in [2.05, 4.69) is 10.3 Å². The minimum absolute atomic E-state index is 0.512. The smallest absolute Gasteiger partial charge is 0.258 e. The van der Waals surface area contributed by atoms with Crippen LogP contribution in [0.2, 0.25) is 0 Å². The molecule has 2 aromatic rings. The zero-order valence-corrected chi connectivity index (χ0v) is 9.22. The van der Waals surface area contributed by atoms with E-state index in [4.69, 9.17) is 0 Å². The fraction of sp³-hybridized carbons (Fsp3) is 0.200. The summed E-state index contributed by atoms with van der Waals surface area (Å²) in [4.78, 5) is 9.73. The summed E-state index contributed by atoms with van der Waals surface area (Å²) in [6.07, 6.45) is 0. The third-order valence-electron chi connectivity index (χ3n) is 2.41. The molecule has 1 heterocycles. The largest absolute Gasteiger partial charge is 0.304 e. The molecule has 0 radical (unpaired) electrons. The summed E-state index contributed by atoms with van der Waals surface area (Å²) in [5, 5.41) is 18.1. The first-order valence-corrected chi connectivity index (χ1v) is 4.81. The van der Waals surface area contributed by atoms with Gasteiger partial charge in [-0.15, -0.1) is 5.10 Å². The first-order chi connectivity index (χ1) is 8.00. The molecule has 0 amide bonds. The van der Waals surface area contributed by atoms with Gasteiger partial charge >= 0.3 is 5.69 Å². The average molecular weight is 236 g/mol. The lowest BCUT2D eigenvalue weighted by atomic mass is 10.1. The molecule has 0 aliphatic carbocycles. The molecule has 0 fully saturated rings. The maximum absolute atomic E-state index is 13.5. The lowest BCUT2D eigenvalue weighted by molar-refractivity contribution is -0.387. The van der Waals surface area contributed by atoms with Crippen LogP contribution in [0.3, 0.4) is 0 Å². The van der Waals surface area contributed by atoms with Gasteiger partial charge in [0.1, 0.15) is 0 Å². The van der Waals surface area contributed by atoms with Crippen molar-refractivity contribution >= 4 is 5.69 Å². The first kappa shape index (κ1) is 11.2. The second kappa shape index (κ2) is 3.93. The molecule has 0 aliphatic heterocycles. The second-order valence-electron chi connectivity index (χ2n) is 3.57. The molecule has 0 saturated heterocycles. The quantitative estimate of drug-likeness (QED) is 0.589. The molecule has 0 spiro atoms. The number of nitro groups is 1. The zero-order valence-electron chi connectivity index (χ0n) is 9.22. The van der Waals surface area contributed by atoms with Crippen molar-refractivity contribution in [3.05, 3.63) is 39.8 Å². The van der Waals surface area contributed by atoms with Crippen molar-refractivity contribution in [1.29, 1.82) is 0 Å². The molecule has 0 atom stereocenters. The maximum Gasteiger partial charge on any atom is 0.304 e. The van der Waals surface area contributed by atoms with Crippen LogP contribution in [0.1, 0.15) is 5.69 Å². The van der Waals surface area contributed by atoms with Gasteiger partial charge in [0, 0.05) is 18.7 Å². The topological polar surface area (TPSA) is 73.8 Å². The molecular formula is C10H9FN4O2. The van der Waals surface area contributed by atoms with E-state index in [0.29, 0.717) is 17.0 Å². The van der Waals surface area contributed by atoms with E-state index in [1.807, 2.05) is 0 Å². The summed E-state index contributed by atoms with van der Waals surface area (Å²) < 4.78 is 15.0. The Morgan fingerprint density at radius 2 is 2.18 bits per heavy atom. The summed E-state index contributed by atoms with van der Waals surface area (Å²) in [5.41, 5.74) is 1.25. The molecule has 0 bridgehead atoms. The highest BCUT2D eigenvalue weighted by molar-refractivity contribution is 5.63. The summed E-state index contributed by atoms with van der Waals surface area (Å²) in [6.45, 7) is 1.74. The van der Waals surface area contributed by atoms with Crippen molar-refractivity contribution < 1.29 is 9.31 Å². The number of nitrogens with zero attached hydrogens (tertiary/aromatic N) is 4. The number of hydrogen-bond donors (Lipinski definition) is 0. The van der Waals surface area contributed by atoms with Gasteiger partial charge in [-0.2, -0.15) is 4.39 Å². The Bertz CT molecular complexity index is 574. The van der Waals surface area contributed by atoms with Gasteiger partial charge in [-0.25, -0.2) is 4.68 Å². The Morgan fingerprint density at radius 1 is 1.47 bits per heavy atom. The lowest BCUT2D eigenvalue weighted by Crippen LogP contribution is -1.97. The maximum atomic E-state index is 13.5. The van der Waals surface area contributed by atoms with Crippen LogP contribution in [0.15, 0.2) is 18.2 Å². The third kappa shape index (κ3) is 1.86. The van der Waals surface area contributed by atoms with Gasteiger partial charge < -0.3 is 0 Å². The van der Waals surface area contributed by atoms with Gasteiger partial charge in [-0.1, -0.05) is 5.21 Å². The molecule has 2 rings (SSSR count). The van der Waals surface area contributed by atoms with E-state index in [0.717, 1.165) is 12.1 Å². The predicted octanol–water partition coefficient (Wildman–Crippen LogP) is 1.84. The monoisotopic (exact) mass is 236 g/mol. The lowest BCUT2D eigenvalue weighted by Gasteiger charge is -2.02. The standard InChI is InChI=1S/C10H9FN4O2/c1-6-10(14(2)13-12-6)7-3-4-9(15(16)17)8(11)5-7/h3-5H,1-2H3. The van der Waals surface area contributed by atoms with E-state index in [1.165, 1.54) is 10.7 Å². The molecule has 0 saturated carbocycles. The van der Waals surface area contributed by atoms with Crippen LogP contribution in [0.5, 0.6) is 0 Å². The number of aromatic nitrogens is 3.